The molecule has 0 unspecified atom stereocenters. The van der Waals surface area contributed by atoms with Gasteiger partial charge < -0.3 is 9.64 Å². The van der Waals surface area contributed by atoms with Gasteiger partial charge in [-0.25, -0.2) is 9.29 Å². The number of nitrogens with zero attached hydrogens (tertiary/aromatic N) is 2. The number of hydrogen-bond acceptors (Lipinski definition) is 4. The zero-order valence-electron chi connectivity index (χ0n) is 14.0. The predicted molar refractivity (Wildman–Crippen MR) is 94.6 cm³/mol. The highest BCUT2D eigenvalue weighted by atomic mass is 19.1. The van der Waals surface area contributed by atoms with Crippen molar-refractivity contribution in [2.75, 3.05) is 31.2 Å². The van der Waals surface area contributed by atoms with E-state index in [0.29, 0.717) is 43.1 Å². The molecule has 5 nitrogen and oxygen atoms in total. The highest BCUT2D eigenvalue weighted by Crippen LogP contribution is 2.35. The molecule has 0 spiro atoms. The van der Waals surface area contributed by atoms with Crippen LogP contribution in [0.4, 0.5) is 10.1 Å². The maximum absolute atomic E-state index is 13.7. The van der Waals surface area contributed by atoms with Gasteiger partial charge in [-0.1, -0.05) is 36.4 Å². The number of imide groups is 1. The standard InChI is InChI=1S/C20H17FN2O3/c21-15-7-4-8-16(13-15)23-19(24)17(14-5-2-1-3-6-14)18(20(23)25)22-9-11-26-12-10-22/h1-8,13H,9-12H2. The van der Waals surface area contributed by atoms with E-state index in [4.69, 9.17) is 4.74 Å². The third-order valence-electron chi connectivity index (χ3n) is 4.52. The molecule has 4 rings (SSSR count). The number of carbonyl (C=O) groups excluding carboxylic acids is 2. The molecule has 0 atom stereocenters. The summed E-state index contributed by atoms with van der Waals surface area (Å²) in [5.74, 6) is -1.36. The van der Waals surface area contributed by atoms with E-state index in [1.807, 2.05) is 23.1 Å². The topological polar surface area (TPSA) is 49.9 Å². The summed E-state index contributed by atoms with van der Waals surface area (Å²) < 4.78 is 19.0. The van der Waals surface area contributed by atoms with Crippen molar-refractivity contribution < 1.29 is 18.7 Å². The second-order valence-corrected chi connectivity index (χ2v) is 6.11. The van der Waals surface area contributed by atoms with Crippen molar-refractivity contribution in [2.24, 2.45) is 0 Å². The van der Waals surface area contributed by atoms with Gasteiger partial charge in [0, 0.05) is 13.1 Å². The van der Waals surface area contributed by atoms with Gasteiger partial charge in [0.25, 0.3) is 11.8 Å². The van der Waals surface area contributed by atoms with Crippen LogP contribution in [0, 0.1) is 5.82 Å². The smallest absolute Gasteiger partial charge is 0.282 e. The minimum Gasteiger partial charge on any atom is -0.378 e. The molecule has 1 fully saturated rings. The van der Waals surface area contributed by atoms with Gasteiger partial charge in [-0.15, -0.1) is 0 Å². The first kappa shape index (κ1) is 16.5. The first-order chi connectivity index (χ1) is 12.7. The molecular formula is C20H17FN2O3. The number of amides is 2. The monoisotopic (exact) mass is 352 g/mol. The molecule has 2 aliphatic rings. The van der Waals surface area contributed by atoms with Crippen molar-refractivity contribution in [2.45, 2.75) is 0 Å². The Hall–Kier alpha value is -2.99. The summed E-state index contributed by atoms with van der Waals surface area (Å²) in [7, 11) is 0. The average Bonchev–Trinajstić information content (AvgIpc) is 2.93. The third kappa shape index (κ3) is 2.78. The number of anilines is 1. The second-order valence-electron chi connectivity index (χ2n) is 6.11. The molecule has 0 aromatic heterocycles. The molecule has 2 heterocycles. The minimum absolute atomic E-state index is 0.233. The van der Waals surface area contributed by atoms with Crippen LogP contribution in [-0.4, -0.2) is 43.0 Å². The Balaban J connectivity index is 1.83. The van der Waals surface area contributed by atoms with E-state index >= 15 is 0 Å². The van der Waals surface area contributed by atoms with E-state index in [2.05, 4.69) is 0 Å². The van der Waals surface area contributed by atoms with E-state index in [9.17, 15) is 14.0 Å². The summed E-state index contributed by atoms with van der Waals surface area (Å²) in [6.45, 7) is 2.05. The highest BCUT2D eigenvalue weighted by molar-refractivity contribution is 6.45. The van der Waals surface area contributed by atoms with E-state index in [-0.39, 0.29) is 5.69 Å². The molecule has 6 heteroatoms. The van der Waals surface area contributed by atoms with Gasteiger partial charge in [0.15, 0.2) is 0 Å². The first-order valence-electron chi connectivity index (χ1n) is 8.43. The number of halogens is 1. The lowest BCUT2D eigenvalue weighted by Gasteiger charge is -2.29. The average molecular weight is 352 g/mol. The van der Waals surface area contributed by atoms with Crippen molar-refractivity contribution in [3.63, 3.8) is 0 Å². The zero-order valence-corrected chi connectivity index (χ0v) is 14.0. The summed E-state index contributed by atoms with van der Waals surface area (Å²) in [6.07, 6.45) is 0. The van der Waals surface area contributed by atoms with E-state index in [1.54, 1.807) is 18.2 Å². The van der Waals surface area contributed by atoms with Gasteiger partial charge in [-0.3, -0.25) is 9.59 Å². The van der Waals surface area contributed by atoms with Gasteiger partial charge in [0.2, 0.25) is 0 Å². The van der Waals surface area contributed by atoms with Crippen molar-refractivity contribution in [3.8, 4) is 0 Å². The summed E-state index contributed by atoms with van der Waals surface area (Å²) >= 11 is 0. The molecule has 0 N–H and O–H groups in total. The number of carbonyl (C=O) groups is 2. The van der Waals surface area contributed by atoms with Crippen LogP contribution >= 0.6 is 0 Å². The van der Waals surface area contributed by atoms with Crippen LogP contribution in [0.15, 0.2) is 60.3 Å². The van der Waals surface area contributed by atoms with Crippen LogP contribution in [0.5, 0.6) is 0 Å². The molecule has 26 heavy (non-hydrogen) atoms. The number of ether oxygens (including phenoxy) is 1. The maximum Gasteiger partial charge on any atom is 0.282 e. The molecule has 0 saturated carbocycles. The zero-order chi connectivity index (χ0) is 18.1. The fourth-order valence-corrected chi connectivity index (χ4v) is 3.31. The summed E-state index contributed by atoms with van der Waals surface area (Å²) in [5, 5.41) is 0. The lowest BCUT2D eigenvalue weighted by atomic mass is 10.0. The van der Waals surface area contributed by atoms with Crippen LogP contribution in [0.2, 0.25) is 0 Å². The lowest BCUT2D eigenvalue weighted by Crippen LogP contribution is -2.40. The minimum atomic E-state index is -0.496. The van der Waals surface area contributed by atoms with Crippen LogP contribution in [0.3, 0.4) is 0 Å². The SMILES string of the molecule is O=C1C(c2ccccc2)=C(N2CCOCC2)C(=O)N1c1cccc(F)c1. The van der Waals surface area contributed by atoms with Crippen molar-refractivity contribution >= 4 is 23.1 Å². The van der Waals surface area contributed by atoms with Crippen molar-refractivity contribution in [3.05, 3.63) is 71.7 Å². The van der Waals surface area contributed by atoms with Crippen molar-refractivity contribution in [1.82, 2.24) is 4.90 Å². The number of morpholine rings is 1. The summed E-state index contributed by atoms with van der Waals surface area (Å²) in [4.78, 5) is 29.2. The third-order valence-corrected chi connectivity index (χ3v) is 4.52. The molecule has 0 radical (unpaired) electrons. The Morgan fingerprint density at radius 3 is 2.31 bits per heavy atom. The quantitative estimate of drug-likeness (QED) is 0.796. The molecule has 132 valence electrons. The fraction of sp³-hybridized carbons (Fsp3) is 0.200. The largest absolute Gasteiger partial charge is 0.378 e. The Morgan fingerprint density at radius 2 is 1.62 bits per heavy atom. The fourth-order valence-electron chi connectivity index (χ4n) is 3.31. The summed E-state index contributed by atoms with van der Waals surface area (Å²) in [5.41, 5.74) is 1.61. The molecule has 0 bridgehead atoms. The van der Waals surface area contributed by atoms with Crippen molar-refractivity contribution in [1.29, 1.82) is 0 Å². The number of hydrogen-bond donors (Lipinski definition) is 0. The van der Waals surface area contributed by atoms with Gasteiger partial charge in [-0.05, 0) is 23.8 Å². The van der Waals surface area contributed by atoms with E-state index < -0.39 is 17.6 Å². The highest BCUT2D eigenvalue weighted by Gasteiger charge is 2.42. The summed E-state index contributed by atoms with van der Waals surface area (Å²) in [6, 6.07) is 14.6. The van der Waals surface area contributed by atoms with Crippen LogP contribution in [-0.2, 0) is 14.3 Å². The molecule has 2 aromatic rings. The first-order valence-corrected chi connectivity index (χ1v) is 8.43. The number of rotatable bonds is 3. The van der Waals surface area contributed by atoms with E-state index in [1.165, 1.54) is 18.2 Å². The molecule has 1 saturated heterocycles. The number of benzene rings is 2. The van der Waals surface area contributed by atoms with Crippen LogP contribution in [0.25, 0.3) is 5.57 Å². The molecule has 2 amide bonds. The van der Waals surface area contributed by atoms with Gasteiger partial charge in [0.1, 0.15) is 11.5 Å². The maximum atomic E-state index is 13.7. The van der Waals surface area contributed by atoms with Gasteiger partial charge in [-0.2, -0.15) is 0 Å². The Kier molecular flexibility index (Phi) is 4.26. The Morgan fingerprint density at radius 1 is 0.885 bits per heavy atom. The Bertz CT molecular complexity index is 889. The second kappa shape index (κ2) is 6.72. The van der Waals surface area contributed by atoms with E-state index in [0.717, 1.165) is 4.90 Å². The molecular weight excluding hydrogens is 335 g/mol. The lowest BCUT2D eigenvalue weighted by molar-refractivity contribution is -0.121. The van der Waals surface area contributed by atoms with Gasteiger partial charge >= 0.3 is 0 Å². The molecule has 2 aliphatic heterocycles. The van der Waals surface area contributed by atoms with Crippen LogP contribution in [0.1, 0.15) is 5.56 Å². The van der Waals surface area contributed by atoms with Gasteiger partial charge in [0.05, 0.1) is 24.5 Å². The predicted octanol–water partition coefficient (Wildman–Crippen LogP) is 2.44. The Labute approximate surface area is 150 Å². The molecule has 2 aromatic carbocycles. The van der Waals surface area contributed by atoms with Crippen LogP contribution < -0.4 is 4.90 Å². The normalized spacial score (nSPS) is 18.0. The molecule has 0 aliphatic carbocycles.